The third kappa shape index (κ3) is 66.0. The summed E-state index contributed by atoms with van der Waals surface area (Å²) in [6, 6.07) is 0. The summed E-state index contributed by atoms with van der Waals surface area (Å²) in [5, 5.41) is 10.6. The Balaban J connectivity index is 5.19. The smallest absolute Gasteiger partial charge is 0.462 e. The lowest BCUT2D eigenvalue weighted by Crippen LogP contribution is -2.30. The molecule has 91 heavy (non-hydrogen) atoms. The molecule has 0 aromatic heterocycles. The monoisotopic (exact) mass is 1330 g/mol. The molecule has 0 radical (unpaired) electrons. The van der Waals surface area contributed by atoms with Crippen molar-refractivity contribution in [1.29, 1.82) is 0 Å². The highest BCUT2D eigenvalue weighted by Crippen LogP contribution is 2.45. The second kappa shape index (κ2) is 63.6. The van der Waals surface area contributed by atoms with Crippen molar-refractivity contribution in [2.24, 2.45) is 11.8 Å². The summed E-state index contributed by atoms with van der Waals surface area (Å²) >= 11 is 0. The third-order valence-electron chi connectivity index (χ3n) is 16.1. The Morgan fingerprint density at radius 2 is 0.593 bits per heavy atom. The van der Waals surface area contributed by atoms with Crippen LogP contribution in [0.15, 0.2) is 24.3 Å². The van der Waals surface area contributed by atoms with Crippen molar-refractivity contribution in [3.63, 3.8) is 0 Å². The summed E-state index contributed by atoms with van der Waals surface area (Å²) in [5.41, 5.74) is 0. The standard InChI is InChI=1S/C72H136O17P2/c1-7-9-11-13-14-15-16-17-18-21-27-32-37-43-49-55-70(75)83-61-68(89-72(77)57-50-44-38-33-28-22-19-20-25-30-35-41-46-52-64(3)4)63-87-91(80,81)85-59-66(73)58-84-90(78,79)86-62-67(60-82-69(74)54-48-40-12-10-8-2)88-71(76)56-51-45-39-34-29-24-23-26-31-36-42-47-53-65(5)6/h15-18,64-68,73H,7-14,19-63H2,1-6H3,(H,78,79)(H,80,81)/b16-15-,18-17-/t66-,67+,68+/m0/s1. The molecule has 0 rings (SSSR count). The molecule has 0 aromatic carbocycles. The van der Waals surface area contributed by atoms with Crippen LogP contribution in [0.3, 0.4) is 0 Å². The average Bonchev–Trinajstić information content (AvgIpc) is 3.73. The van der Waals surface area contributed by atoms with Gasteiger partial charge in [-0.05, 0) is 63.2 Å². The van der Waals surface area contributed by atoms with Crippen molar-refractivity contribution < 1.29 is 80.2 Å². The lowest BCUT2D eigenvalue weighted by molar-refractivity contribution is -0.161. The van der Waals surface area contributed by atoms with Gasteiger partial charge in [-0.15, -0.1) is 0 Å². The van der Waals surface area contributed by atoms with Gasteiger partial charge >= 0.3 is 39.5 Å². The van der Waals surface area contributed by atoms with Crippen LogP contribution in [0.4, 0.5) is 0 Å². The highest BCUT2D eigenvalue weighted by Gasteiger charge is 2.30. The van der Waals surface area contributed by atoms with Crippen LogP contribution in [0.1, 0.15) is 343 Å². The van der Waals surface area contributed by atoms with Crippen LogP contribution in [0.2, 0.25) is 0 Å². The molecule has 0 bridgehead atoms. The van der Waals surface area contributed by atoms with Crippen molar-refractivity contribution in [3.8, 4) is 0 Å². The largest absolute Gasteiger partial charge is 0.472 e. The van der Waals surface area contributed by atoms with Crippen molar-refractivity contribution in [3.05, 3.63) is 24.3 Å². The normalized spacial score (nSPS) is 14.3. The quantitative estimate of drug-likeness (QED) is 0.0169. The first-order chi connectivity index (χ1) is 43.9. The van der Waals surface area contributed by atoms with E-state index in [4.69, 9.17) is 37.0 Å². The van der Waals surface area contributed by atoms with Crippen molar-refractivity contribution in [1.82, 2.24) is 0 Å². The predicted octanol–water partition coefficient (Wildman–Crippen LogP) is 20.3. The van der Waals surface area contributed by atoms with Gasteiger partial charge < -0.3 is 33.8 Å². The van der Waals surface area contributed by atoms with E-state index < -0.39 is 97.5 Å². The predicted molar refractivity (Wildman–Crippen MR) is 367 cm³/mol. The molecule has 3 N–H and O–H groups in total. The van der Waals surface area contributed by atoms with Crippen molar-refractivity contribution in [2.75, 3.05) is 39.6 Å². The maximum Gasteiger partial charge on any atom is 0.472 e. The van der Waals surface area contributed by atoms with E-state index in [0.29, 0.717) is 25.7 Å². The minimum atomic E-state index is -4.96. The summed E-state index contributed by atoms with van der Waals surface area (Å²) in [7, 11) is -9.91. The first-order valence-corrected chi connectivity index (χ1v) is 39.8. The Labute approximate surface area is 554 Å². The summed E-state index contributed by atoms with van der Waals surface area (Å²) in [6.45, 7) is 9.43. The van der Waals surface area contributed by atoms with E-state index in [1.165, 1.54) is 135 Å². The minimum absolute atomic E-state index is 0.100. The number of hydrogen-bond acceptors (Lipinski definition) is 15. The van der Waals surface area contributed by atoms with Gasteiger partial charge in [-0.25, -0.2) is 9.13 Å². The van der Waals surface area contributed by atoms with E-state index in [1.54, 1.807) is 0 Å². The van der Waals surface area contributed by atoms with Gasteiger partial charge in [-0.2, -0.15) is 0 Å². The van der Waals surface area contributed by atoms with Crippen LogP contribution >= 0.6 is 15.6 Å². The molecule has 0 fully saturated rings. The molecule has 19 heteroatoms. The van der Waals surface area contributed by atoms with Gasteiger partial charge in [0.25, 0.3) is 0 Å². The Kier molecular flexibility index (Phi) is 61.9. The fraction of sp³-hybridized carbons (Fsp3) is 0.889. The van der Waals surface area contributed by atoms with Crippen LogP contribution in [0, 0.1) is 11.8 Å². The Bertz CT molecular complexity index is 1860. The van der Waals surface area contributed by atoms with Crippen LogP contribution in [-0.2, 0) is 65.4 Å². The lowest BCUT2D eigenvalue weighted by Gasteiger charge is -2.21. The Morgan fingerprint density at radius 3 is 0.901 bits per heavy atom. The van der Waals surface area contributed by atoms with Gasteiger partial charge in [-0.3, -0.25) is 37.3 Å². The molecule has 0 aliphatic carbocycles. The van der Waals surface area contributed by atoms with Gasteiger partial charge in [-0.1, -0.05) is 291 Å². The number of aliphatic hydroxyl groups is 1. The highest BCUT2D eigenvalue weighted by atomic mass is 31.2. The van der Waals surface area contributed by atoms with Gasteiger partial charge in [0.05, 0.1) is 26.4 Å². The maximum absolute atomic E-state index is 13.0. The summed E-state index contributed by atoms with van der Waals surface area (Å²) < 4.78 is 68.1. The lowest BCUT2D eigenvalue weighted by atomic mass is 10.0. The van der Waals surface area contributed by atoms with Gasteiger partial charge in [0.15, 0.2) is 12.2 Å². The Morgan fingerprint density at radius 1 is 0.341 bits per heavy atom. The van der Waals surface area contributed by atoms with Crippen molar-refractivity contribution in [2.45, 2.75) is 362 Å². The summed E-state index contributed by atoms with van der Waals surface area (Å²) in [4.78, 5) is 72.4. The first kappa shape index (κ1) is 88.5. The zero-order valence-corrected chi connectivity index (χ0v) is 60.4. The van der Waals surface area contributed by atoms with Crippen LogP contribution in [0.25, 0.3) is 0 Å². The fourth-order valence-electron chi connectivity index (χ4n) is 10.4. The van der Waals surface area contributed by atoms with E-state index >= 15 is 0 Å². The second-order valence-electron chi connectivity index (χ2n) is 26.2. The maximum atomic E-state index is 13.0. The Hall–Kier alpha value is -2.46. The molecule has 536 valence electrons. The number of rotatable bonds is 69. The van der Waals surface area contributed by atoms with E-state index in [-0.39, 0.29) is 25.7 Å². The van der Waals surface area contributed by atoms with Gasteiger partial charge in [0, 0.05) is 25.7 Å². The number of unbranched alkanes of at least 4 members (excludes halogenated alkanes) is 36. The highest BCUT2D eigenvalue weighted by molar-refractivity contribution is 7.47. The number of allylic oxidation sites excluding steroid dienone is 4. The SMILES string of the molecule is CCCCCC/C=C\C=C/CCCCCCCC(=O)OC[C@H](COP(=O)(O)OC[C@@H](O)COP(=O)(O)OC[C@@H](COC(=O)CCCCCCC)OC(=O)CCCCCCCCCCCCCCC(C)C)OC(=O)CCCCCCCCCCCCCCCC(C)C. The molecule has 0 aromatic rings. The number of phosphoric ester groups is 2. The molecule has 0 spiro atoms. The zero-order valence-electron chi connectivity index (χ0n) is 58.6. The van der Waals surface area contributed by atoms with E-state index in [9.17, 15) is 43.2 Å². The second-order valence-corrected chi connectivity index (χ2v) is 29.2. The van der Waals surface area contributed by atoms with Crippen LogP contribution < -0.4 is 0 Å². The molecule has 0 amide bonds. The number of aliphatic hydroxyl groups excluding tert-OH is 1. The van der Waals surface area contributed by atoms with Crippen molar-refractivity contribution >= 4 is 39.5 Å². The topological polar surface area (TPSA) is 237 Å². The molecule has 2 unspecified atom stereocenters. The summed E-state index contributed by atoms with van der Waals surface area (Å²) in [6.07, 6.45) is 52.5. The molecule has 0 aliphatic rings. The van der Waals surface area contributed by atoms with Gasteiger partial charge in [0.2, 0.25) is 0 Å². The number of ether oxygens (including phenoxy) is 4. The number of carbonyl (C=O) groups is 4. The molecule has 5 atom stereocenters. The van der Waals surface area contributed by atoms with E-state index in [2.05, 4.69) is 65.8 Å². The number of esters is 4. The van der Waals surface area contributed by atoms with E-state index in [0.717, 1.165) is 127 Å². The molecule has 0 aliphatic heterocycles. The molecule has 17 nitrogen and oxygen atoms in total. The molecular formula is C72H136O17P2. The van der Waals surface area contributed by atoms with Gasteiger partial charge in [0.1, 0.15) is 19.3 Å². The van der Waals surface area contributed by atoms with E-state index in [1.807, 2.05) is 0 Å². The number of carbonyl (C=O) groups excluding carboxylic acids is 4. The molecular weight excluding hydrogens is 1200 g/mol. The fourth-order valence-corrected chi connectivity index (χ4v) is 12.0. The third-order valence-corrected chi connectivity index (χ3v) is 18.0. The molecule has 0 heterocycles. The van der Waals surface area contributed by atoms with Crippen LogP contribution in [-0.4, -0.2) is 96.7 Å². The first-order valence-electron chi connectivity index (χ1n) is 36.8. The zero-order chi connectivity index (χ0) is 67.2. The minimum Gasteiger partial charge on any atom is -0.462 e. The average molecular weight is 1340 g/mol. The number of hydrogen-bond donors (Lipinski definition) is 3. The number of phosphoric acid groups is 2. The van der Waals surface area contributed by atoms with Crippen LogP contribution in [0.5, 0.6) is 0 Å². The molecule has 0 saturated carbocycles. The molecule has 0 saturated heterocycles. The summed E-state index contributed by atoms with van der Waals surface area (Å²) in [5.74, 6) is -0.603.